The fourth-order valence-corrected chi connectivity index (χ4v) is 6.18. The molecule has 0 aliphatic carbocycles. The second-order valence-electron chi connectivity index (χ2n) is 9.28. The van der Waals surface area contributed by atoms with E-state index < -0.39 is 15.4 Å². The first-order chi connectivity index (χ1) is 17.2. The number of likely N-dealkylation sites (tertiary alicyclic amines) is 1. The van der Waals surface area contributed by atoms with Crippen LogP contribution in [0.15, 0.2) is 72.0 Å². The van der Waals surface area contributed by atoms with Gasteiger partial charge in [-0.1, -0.05) is 18.2 Å². The van der Waals surface area contributed by atoms with Gasteiger partial charge in [0.05, 0.1) is 21.8 Å². The molecule has 0 saturated carbocycles. The molecule has 4 aromatic rings. The highest BCUT2D eigenvalue weighted by atomic mass is 32.2. The Hall–Kier alpha value is -3.63. The van der Waals surface area contributed by atoms with Crippen molar-refractivity contribution in [3.63, 3.8) is 0 Å². The Kier molecular flexibility index (Phi) is 6.31. The lowest BCUT2D eigenvalue weighted by atomic mass is 9.86. The number of carbonyl (C=O) groups is 1. The van der Waals surface area contributed by atoms with Gasteiger partial charge in [-0.3, -0.25) is 19.4 Å². The maximum atomic E-state index is 13.1. The highest BCUT2D eigenvalue weighted by Gasteiger charge is 2.35. The van der Waals surface area contributed by atoms with Gasteiger partial charge in [0.15, 0.2) is 9.84 Å². The number of hydrogen-bond acceptors (Lipinski definition) is 7. The predicted octanol–water partition coefficient (Wildman–Crippen LogP) is 2.55. The van der Waals surface area contributed by atoms with E-state index >= 15 is 0 Å². The van der Waals surface area contributed by atoms with Crippen LogP contribution in [0.25, 0.3) is 11.0 Å². The third kappa shape index (κ3) is 4.87. The van der Waals surface area contributed by atoms with Gasteiger partial charge in [0.25, 0.3) is 5.91 Å². The fraction of sp³-hybridized carbons (Fsp3) is 0.308. The number of amides is 1. The van der Waals surface area contributed by atoms with Crippen molar-refractivity contribution in [1.82, 2.24) is 24.6 Å². The van der Waals surface area contributed by atoms with Crippen molar-refractivity contribution in [1.29, 1.82) is 0 Å². The van der Waals surface area contributed by atoms with E-state index in [4.69, 9.17) is 0 Å². The van der Waals surface area contributed by atoms with E-state index in [9.17, 15) is 18.3 Å². The first-order valence-electron chi connectivity index (χ1n) is 11.7. The van der Waals surface area contributed by atoms with Crippen molar-refractivity contribution < 1.29 is 18.3 Å². The van der Waals surface area contributed by atoms with Gasteiger partial charge < -0.3 is 10.0 Å². The van der Waals surface area contributed by atoms with E-state index in [0.29, 0.717) is 54.5 Å². The van der Waals surface area contributed by atoms with Crippen LogP contribution in [0.3, 0.4) is 0 Å². The Morgan fingerprint density at radius 3 is 2.42 bits per heavy atom. The largest absolute Gasteiger partial charge is 0.389 e. The monoisotopic (exact) mass is 505 g/mol. The van der Waals surface area contributed by atoms with Crippen LogP contribution in [-0.2, 0) is 29.1 Å². The molecule has 0 spiro atoms. The minimum Gasteiger partial charge on any atom is -0.389 e. The average Bonchev–Trinajstić information content (AvgIpc) is 3.27. The van der Waals surface area contributed by atoms with Crippen LogP contribution < -0.4 is 0 Å². The van der Waals surface area contributed by atoms with E-state index in [0.717, 1.165) is 5.69 Å². The molecule has 1 fully saturated rings. The number of para-hydroxylation sites is 1. The number of aryl methyl sites for hydroxylation is 1. The average molecular weight is 506 g/mol. The summed E-state index contributed by atoms with van der Waals surface area (Å²) < 4.78 is 28.0. The summed E-state index contributed by atoms with van der Waals surface area (Å²) in [6, 6.07) is 13.5. The molecule has 1 amide bonds. The number of hydrogen-bond donors (Lipinski definition) is 1. The summed E-state index contributed by atoms with van der Waals surface area (Å²) in [5.41, 5.74) is 2.03. The molecule has 3 heterocycles. The molecule has 5 rings (SSSR count). The lowest BCUT2D eigenvalue weighted by Crippen LogP contribution is -2.48. The minimum atomic E-state index is -3.66. The molecule has 1 aliphatic rings. The van der Waals surface area contributed by atoms with Crippen LogP contribution in [0.1, 0.15) is 34.5 Å². The molecule has 36 heavy (non-hydrogen) atoms. The number of aliphatic hydroxyl groups is 1. The number of fused-ring (bicyclic) bond motifs is 1. The van der Waals surface area contributed by atoms with Crippen molar-refractivity contribution in [2.24, 2.45) is 7.05 Å². The van der Waals surface area contributed by atoms with Gasteiger partial charge in [0, 0.05) is 56.4 Å². The smallest absolute Gasteiger partial charge is 0.253 e. The summed E-state index contributed by atoms with van der Waals surface area (Å²) in [7, 11) is -1.81. The molecule has 1 aliphatic heterocycles. The third-order valence-corrected chi connectivity index (χ3v) is 8.48. The molecule has 0 atom stereocenters. The van der Waals surface area contributed by atoms with Gasteiger partial charge in [0.2, 0.25) is 0 Å². The summed E-state index contributed by atoms with van der Waals surface area (Å²) in [4.78, 5) is 23.3. The van der Waals surface area contributed by atoms with Gasteiger partial charge in [-0.05, 0) is 48.7 Å². The van der Waals surface area contributed by atoms with Gasteiger partial charge in [-0.15, -0.1) is 0 Å². The molecule has 10 heteroatoms. The molecule has 186 valence electrons. The molecule has 0 unspecified atom stereocenters. The zero-order chi connectivity index (χ0) is 25.3. The summed E-state index contributed by atoms with van der Waals surface area (Å²) in [6.45, 7) is 0.900. The standard InChI is InChI=1S/C26H27N5O4S/c1-30-21(9-12-29-30)17-26(33)10-15-31(16-11-26)25(32)20-7-5-19(6-8-20)18-36(34,35)23-4-2-3-22-24(23)28-14-13-27-22/h2-9,12-14,33H,10-11,15-18H2,1H3. The highest BCUT2D eigenvalue weighted by Crippen LogP contribution is 2.28. The van der Waals surface area contributed by atoms with E-state index in [1.54, 1.807) is 52.2 Å². The predicted molar refractivity (Wildman–Crippen MR) is 134 cm³/mol. The number of nitrogens with zero attached hydrogens (tertiary/aromatic N) is 5. The van der Waals surface area contributed by atoms with E-state index in [2.05, 4.69) is 15.1 Å². The molecular formula is C26H27N5O4S. The molecule has 1 N–H and O–H groups in total. The summed E-state index contributed by atoms with van der Waals surface area (Å²) in [6.07, 6.45) is 6.17. The minimum absolute atomic E-state index is 0.128. The quantitative estimate of drug-likeness (QED) is 0.428. The number of sulfone groups is 1. The highest BCUT2D eigenvalue weighted by molar-refractivity contribution is 7.90. The number of carbonyl (C=O) groups excluding carboxylic acids is 1. The Morgan fingerprint density at radius 2 is 1.72 bits per heavy atom. The van der Waals surface area contributed by atoms with Gasteiger partial charge in [-0.2, -0.15) is 5.10 Å². The van der Waals surface area contributed by atoms with Crippen LogP contribution >= 0.6 is 0 Å². The normalized spacial score (nSPS) is 15.8. The molecule has 1 saturated heterocycles. The molecule has 9 nitrogen and oxygen atoms in total. The molecular weight excluding hydrogens is 478 g/mol. The zero-order valence-electron chi connectivity index (χ0n) is 19.9. The maximum Gasteiger partial charge on any atom is 0.253 e. The zero-order valence-corrected chi connectivity index (χ0v) is 20.7. The summed E-state index contributed by atoms with van der Waals surface area (Å²) >= 11 is 0. The Morgan fingerprint density at radius 1 is 1.00 bits per heavy atom. The summed E-state index contributed by atoms with van der Waals surface area (Å²) in [5.74, 6) is -0.335. The second-order valence-corrected chi connectivity index (χ2v) is 11.2. The van der Waals surface area contributed by atoms with Crippen molar-refractivity contribution in [2.75, 3.05) is 13.1 Å². The number of piperidine rings is 1. The number of rotatable bonds is 6. The third-order valence-electron chi connectivity index (χ3n) is 6.77. The van der Waals surface area contributed by atoms with Crippen LogP contribution in [0, 0.1) is 0 Å². The van der Waals surface area contributed by atoms with E-state index in [1.165, 1.54) is 18.5 Å². The second kappa shape index (κ2) is 9.44. The SMILES string of the molecule is Cn1nccc1CC1(O)CCN(C(=O)c2ccc(CS(=O)(=O)c3cccc4nccnc34)cc2)CC1. The Bertz CT molecular complexity index is 1500. The Labute approximate surface area is 209 Å². The van der Waals surface area contributed by atoms with Crippen molar-refractivity contribution in [3.8, 4) is 0 Å². The lowest BCUT2D eigenvalue weighted by Gasteiger charge is -2.38. The van der Waals surface area contributed by atoms with Crippen LogP contribution in [-0.4, -0.2) is 62.8 Å². The van der Waals surface area contributed by atoms with Crippen molar-refractivity contribution in [2.45, 2.75) is 35.5 Å². The lowest BCUT2D eigenvalue weighted by molar-refractivity contribution is -0.0174. The van der Waals surface area contributed by atoms with Crippen molar-refractivity contribution >= 4 is 26.8 Å². The number of benzene rings is 2. The molecule has 0 radical (unpaired) electrons. The first-order valence-corrected chi connectivity index (χ1v) is 13.4. The first kappa shape index (κ1) is 24.1. The topological polar surface area (TPSA) is 118 Å². The maximum absolute atomic E-state index is 13.1. The van der Waals surface area contributed by atoms with Gasteiger partial charge >= 0.3 is 0 Å². The fourth-order valence-electron chi connectivity index (χ4n) is 4.66. The van der Waals surface area contributed by atoms with E-state index in [1.807, 2.05) is 13.1 Å². The molecule has 2 aromatic carbocycles. The number of aromatic nitrogens is 4. The van der Waals surface area contributed by atoms with E-state index in [-0.39, 0.29) is 16.6 Å². The summed E-state index contributed by atoms with van der Waals surface area (Å²) in [5, 5.41) is 15.2. The molecule has 0 bridgehead atoms. The molecule has 2 aromatic heterocycles. The van der Waals surface area contributed by atoms with Crippen LogP contribution in [0.2, 0.25) is 0 Å². The van der Waals surface area contributed by atoms with Crippen molar-refractivity contribution in [3.05, 3.63) is 83.9 Å². The van der Waals surface area contributed by atoms with Crippen LogP contribution in [0.5, 0.6) is 0 Å². The Balaban J connectivity index is 1.24. The van der Waals surface area contributed by atoms with Gasteiger partial charge in [-0.25, -0.2) is 8.42 Å². The van der Waals surface area contributed by atoms with Crippen LogP contribution in [0.4, 0.5) is 0 Å². The van der Waals surface area contributed by atoms with Gasteiger partial charge in [0.1, 0.15) is 5.52 Å².